The van der Waals surface area contributed by atoms with Crippen LogP contribution in [0.3, 0.4) is 0 Å². The van der Waals surface area contributed by atoms with E-state index in [4.69, 9.17) is 21.3 Å². The van der Waals surface area contributed by atoms with Gasteiger partial charge in [0.1, 0.15) is 22.5 Å². The molecule has 0 spiro atoms. The topological polar surface area (TPSA) is 66.9 Å². The zero-order valence-electron chi connectivity index (χ0n) is 18.2. The number of hydrogen-bond donors (Lipinski definition) is 1. The molecular formula is C24H21ClF3N5O. The molecule has 0 radical (unpaired) electrons. The average Bonchev–Trinajstić information content (AvgIpc) is 3.26. The molecule has 6 nitrogen and oxygen atoms in total. The molecule has 1 fully saturated rings. The molecule has 0 unspecified atom stereocenters. The van der Waals surface area contributed by atoms with Crippen molar-refractivity contribution in [2.45, 2.75) is 38.5 Å². The van der Waals surface area contributed by atoms with Gasteiger partial charge in [0.15, 0.2) is 0 Å². The van der Waals surface area contributed by atoms with Crippen LogP contribution < -0.4 is 9.64 Å². The van der Waals surface area contributed by atoms with Gasteiger partial charge in [-0.3, -0.25) is 5.10 Å². The Balaban J connectivity index is 1.61. The number of H-pyrrole nitrogens is 1. The average molecular weight is 488 g/mol. The number of alkyl halides is 3. The number of halogens is 4. The summed E-state index contributed by atoms with van der Waals surface area (Å²) in [6.45, 7) is 2.23. The molecule has 0 atom stereocenters. The van der Waals surface area contributed by atoms with E-state index in [2.05, 4.69) is 15.2 Å². The van der Waals surface area contributed by atoms with Crippen LogP contribution in [0.25, 0.3) is 22.3 Å². The summed E-state index contributed by atoms with van der Waals surface area (Å²) >= 11 is 6.28. The van der Waals surface area contributed by atoms with Gasteiger partial charge in [-0.25, -0.2) is 9.97 Å². The first-order chi connectivity index (χ1) is 16.3. The van der Waals surface area contributed by atoms with Crippen LogP contribution in [0.4, 0.5) is 24.8 Å². The quantitative estimate of drug-likeness (QED) is 0.324. The molecule has 10 heteroatoms. The minimum Gasteiger partial charge on any atom is -0.490 e. The lowest BCUT2D eigenvalue weighted by Crippen LogP contribution is -2.24. The van der Waals surface area contributed by atoms with E-state index in [1.165, 1.54) is 6.07 Å². The van der Waals surface area contributed by atoms with Crippen LogP contribution in [0, 0.1) is 0 Å². The number of benzene rings is 2. The summed E-state index contributed by atoms with van der Waals surface area (Å²) in [5.74, 6) is 1.01. The van der Waals surface area contributed by atoms with E-state index < -0.39 is 11.7 Å². The summed E-state index contributed by atoms with van der Waals surface area (Å²) in [6, 6.07) is 10.9. The van der Waals surface area contributed by atoms with Crippen molar-refractivity contribution in [3.63, 3.8) is 0 Å². The molecule has 0 bridgehead atoms. The molecule has 34 heavy (non-hydrogen) atoms. The maximum atomic E-state index is 13.1. The Bertz CT molecular complexity index is 1340. The highest BCUT2D eigenvalue weighted by Crippen LogP contribution is 2.39. The lowest BCUT2D eigenvalue weighted by atomic mass is 9.96. The molecule has 2 heterocycles. The summed E-state index contributed by atoms with van der Waals surface area (Å²) in [5.41, 5.74) is 2.15. The van der Waals surface area contributed by atoms with Gasteiger partial charge < -0.3 is 9.64 Å². The van der Waals surface area contributed by atoms with Crippen molar-refractivity contribution < 1.29 is 17.9 Å². The van der Waals surface area contributed by atoms with Crippen molar-refractivity contribution in [2.75, 3.05) is 11.4 Å². The van der Waals surface area contributed by atoms with E-state index in [0.29, 0.717) is 40.7 Å². The first kappa shape index (κ1) is 22.5. The Labute approximate surface area is 198 Å². The second-order valence-electron chi connectivity index (χ2n) is 8.08. The minimum atomic E-state index is -4.48. The molecule has 1 aliphatic carbocycles. The minimum absolute atomic E-state index is 0.0390. The van der Waals surface area contributed by atoms with E-state index in [0.717, 1.165) is 37.0 Å². The number of fused-ring (bicyclic) bond motifs is 1. The number of anilines is 2. The van der Waals surface area contributed by atoms with Gasteiger partial charge in [0.2, 0.25) is 5.95 Å². The Morgan fingerprint density at radius 3 is 2.62 bits per heavy atom. The van der Waals surface area contributed by atoms with Crippen molar-refractivity contribution in [2.24, 2.45) is 0 Å². The Kier molecular flexibility index (Phi) is 5.81. The third-order valence-electron chi connectivity index (χ3n) is 5.90. The summed E-state index contributed by atoms with van der Waals surface area (Å²) < 4.78 is 45.6. The van der Waals surface area contributed by atoms with Gasteiger partial charge in [-0.1, -0.05) is 23.7 Å². The molecule has 1 saturated carbocycles. The van der Waals surface area contributed by atoms with Crippen LogP contribution in [0.5, 0.6) is 5.75 Å². The molecule has 0 aliphatic heterocycles. The molecule has 2 aromatic heterocycles. The molecule has 2 aromatic carbocycles. The van der Waals surface area contributed by atoms with Crippen LogP contribution in [0.15, 0.2) is 48.7 Å². The number of hydrogen-bond acceptors (Lipinski definition) is 5. The third kappa shape index (κ3) is 4.16. The van der Waals surface area contributed by atoms with E-state index in [1.807, 2.05) is 31.2 Å². The van der Waals surface area contributed by atoms with Crippen LogP contribution in [-0.4, -0.2) is 32.8 Å². The highest BCUT2D eigenvalue weighted by Gasteiger charge is 2.31. The van der Waals surface area contributed by atoms with Gasteiger partial charge in [-0.2, -0.15) is 18.3 Å². The molecule has 0 amide bonds. The van der Waals surface area contributed by atoms with Gasteiger partial charge in [-0.05, 0) is 56.5 Å². The molecule has 1 N–H and O–H groups in total. The summed E-state index contributed by atoms with van der Waals surface area (Å²) in [6.07, 6.45) is 0.453. The lowest BCUT2D eigenvalue weighted by Gasteiger charge is -2.27. The predicted octanol–water partition coefficient (Wildman–Crippen LogP) is 6.78. The molecule has 1 aliphatic rings. The summed E-state index contributed by atoms with van der Waals surface area (Å²) in [7, 11) is 0. The third-order valence-corrected chi connectivity index (χ3v) is 6.20. The molecule has 176 valence electrons. The standard InChI is InChI=1S/C24H21ClF3N5O/c1-2-33(19-11-10-14(12-17(19)25)24(26,27)28)23-30-18-13-29-32-22(18)21(31-23)16-8-3-4-9-20(16)34-15-6-5-7-15/h3-4,8-13,15H,2,5-7H2,1H3,(H,29,32). The van der Waals surface area contributed by atoms with Crippen molar-refractivity contribution in [1.82, 2.24) is 20.2 Å². The zero-order chi connectivity index (χ0) is 23.9. The Morgan fingerprint density at radius 1 is 1.15 bits per heavy atom. The van der Waals surface area contributed by atoms with Gasteiger partial charge in [0.05, 0.1) is 28.6 Å². The zero-order valence-corrected chi connectivity index (χ0v) is 19.0. The number of aromatic nitrogens is 4. The number of nitrogens with one attached hydrogen (secondary N) is 1. The van der Waals surface area contributed by atoms with E-state index in [9.17, 15) is 13.2 Å². The highest BCUT2D eigenvalue weighted by atomic mass is 35.5. The Hall–Kier alpha value is -3.33. The normalized spacial score (nSPS) is 14.3. The van der Waals surface area contributed by atoms with Crippen LogP contribution >= 0.6 is 11.6 Å². The highest BCUT2D eigenvalue weighted by molar-refractivity contribution is 6.33. The summed E-state index contributed by atoms with van der Waals surface area (Å²) in [5, 5.41) is 7.04. The van der Waals surface area contributed by atoms with Gasteiger partial charge in [0, 0.05) is 12.1 Å². The maximum absolute atomic E-state index is 13.1. The smallest absolute Gasteiger partial charge is 0.416 e. The van der Waals surface area contributed by atoms with Crippen molar-refractivity contribution >= 4 is 34.3 Å². The van der Waals surface area contributed by atoms with Gasteiger partial charge >= 0.3 is 6.18 Å². The maximum Gasteiger partial charge on any atom is 0.416 e. The molecular weight excluding hydrogens is 467 g/mol. The van der Waals surface area contributed by atoms with Gasteiger partial charge in [0.25, 0.3) is 0 Å². The summed E-state index contributed by atoms with van der Waals surface area (Å²) in [4.78, 5) is 11.1. The van der Waals surface area contributed by atoms with E-state index in [1.54, 1.807) is 11.1 Å². The van der Waals surface area contributed by atoms with Crippen LogP contribution in [0.2, 0.25) is 5.02 Å². The fourth-order valence-electron chi connectivity index (χ4n) is 3.90. The van der Waals surface area contributed by atoms with Crippen LogP contribution in [-0.2, 0) is 6.18 Å². The Morgan fingerprint density at radius 2 is 1.94 bits per heavy atom. The monoisotopic (exact) mass is 487 g/mol. The second kappa shape index (κ2) is 8.79. The first-order valence-electron chi connectivity index (χ1n) is 11.0. The number of aromatic amines is 1. The predicted molar refractivity (Wildman–Crippen MR) is 125 cm³/mol. The van der Waals surface area contributed by atoms with E-state index >= 15 is 0 Å². The van der Waals surface area contributed by atoms with Crippen molar-refractivity contribution in [1.29, 1.82) is 0 Å². The molecule has 5 rings (SSSR count). The first-order valence-corrected chi connectivity index (χ1v) is 11.3. The fourth-order valence-corrected chi connectivity index (χ4v) is 4.18. The number of rotatable bonds is 6. The molecule has 4 aromatic rings. The number of para-hydroxylation sites is 1. The van der Waals surface area contributed by atoms with Gasteiger partial charge in [-0.15, -0.1) is 0 Å². The fraction of sp³-hybridized carbons (Fsp3) is 0.292. The van der Waals surface area contributed by atoms with E-state index in [-0.39, 0.29) is 11.1 Å². The number of ether oxygens (including phenoxy) is 1. The van der Waals surface area contributed by atoms with Crippen molar-refractivity contribution in [3.05, 3.63) is 59.2 Å². The largest absolute Gasteiger partial charge is 0.490 e. The van der Waals surface area contributed by atoms with Crippen LogP contribution in [0.1, 0.15) is 31.7 Å². The second-order valence-corrected chi connectivity index (χ2v) is 8.48. The lowest BCUT2D eigenvalue weighted by molar-refractivity contribution is -0.137. The SMILES string of the molecule is CCN(c1nc(-c2ccccc2OC2CCC2)c2[nH]ncc2n1)c1ccc(C(F)(F)F)cc1Cl. The number of nitrogens with zero attached hydrogens (tertiary/aromatic N) is 4. The van der Waals surface area contributed by atoms with Crippen molar-refractivity contribution in [3.8, 4) is 17.0 Å². The molecule has 0 saturated heterocycles.